The molecule has 0 aromatic carbocycles. The highest BCUT2D eigenvalue weighted by atomic mass is 16.5. The van der Waals surface area contributed by atoms with Crippen molar-refractivity contribution < 1.29 is 4.74 Å². The number of hydrogen-bond donors (Lipinski definition) is 1. The molecule has 1 N–H and O–H groups in total. The lowest BCUT2D eigenvalue weighted by Crippen LogP contribution is -2.22. The molecule has 4 heteroatoms. The molecule has 0 saturated carbocycles. The molecule has 1 aromatic rings. The van der Waals surface area contributed by atoms with Crippen molar-refractivity contribution in [1.29, 1.82) is 0 Å². The molecule has 1 rings (SSSR count). The molecule has 0 fully saturated rings. The molecule has 0 amide bonds. The average molecular weight is 225 g/mol. The zero-order valence-electron chi connectivity index (χ0n) is 10.6. The Hall–Kier alpha value is -0.870. The van der Waals surface area contributed by atoms with Gasteiger partial charge < -0.3 is 14.6 Å². The lowest BCUT2D eigenvalue weighted by molar-refractivity contribution is 0.136. The molecule has 0 aliphatic heterocycles. The van der Waals surface area contributed by atoms with E-state index in [1.807, 2.05) is 26.4 Å². The average Bonchev–Trinajstić information content (AvgIpc) is 2.73. The predicted octanol–water partition coefficient (Wildman–Crippen LogP) is 1.98. The molecule has 0 radical (unpaired) electrons. The third-order valence-corrected chi connectivity index (χ3v) is 2.63. The molecule has 0 spiro atoms. The zero-order valence-corrected chi connectivity index (χ0v) is 10.6. The van der Waals surface area contributed by atoms with Crippen LogP contribution in [-0.4, -0.2) is 29.8 Å². The van der Waals surface area contributed by atoms with Gasteiger partial charge >= 0.3 is 0 Å². The fourth-order valence-electron chi connectivity index (χ4n) is 1.81. The van der Waals surface area contributed by atoms with Crippen LogP contribution in [0.4, 0.5) is 0 Å². The summed E-state index contributed by atoms with van der Waals surface area (Å²) in [5.41, 5.74) is 0. The molecular weight excluding hydrogens is 202 g/mol. The molecule has 16 heavy (non-hydrogen) atoms. The molecule has 1 heterocycles. The van der Waals surface area contributed by atoms with Crippen molar-refractivity contribution in [2.24, 2.45) is 0 Å². The summed E-state index contributed by atoms with van der Waals surface area (Å²) < 4.78 is 7.60. The molecule has 0 aliphatic carbocycles. The minimum absolute atomic E-state index is 0.285. The Balaban J connectivity index is 2.59. The summed E-state index contributed by atoms with van der Waals surface area (Å²) >= 11 is 0. The summed E-state index contributed by atoms with van der Waals surface area (Å²) in [4.78, 5) is 4.43. The normalized spacial score (nSPS) is 12.9. The standard InChI is InChI=1S/C12H23N3O/c1-4-8-15-9-7-14-12(15)11(13-3)6-10-16-5-2/h7,9,11,13H,4-6,8,10H2,1-3H3. The molecule has 1 atom stereocenters. The van der Waals surface area contributed by atoms with Gasteiger partial charge in [0.2, 0.25) is 0 Å². The highest BCUT2D eigenvalue weighted by Gasteiger charge is 2.14. The third-order valence-electron chi connectivity index (χ3n) is 2.63. The minimum Gasteiger partial charge on any atom is -0.382 e. The number of imidazole rings is 1. The van der Waals surface area contributed by atoms with Gasteiger partial charge in [-0.25, -0.2) is 4.98 Å². The van der Waals surface area contributed by atoms with Gasteiger partial charge in [-0.2, -0.15) is 0 Å². The minimum atomic E-state index is 0.285. The Bertz CT molecular complexity index is 286. The van der Waals surface area contributed by atoms with Crippen molar-refractivity contribution in [3.63, 3.8) is 0 Å². The maximum absolute atomic E-state index is 5.39. The topological polar surface area (TPSA) is 39.1 Å². The van der Waals surface area contributed by atoms with Gasteiger partial charge in [0.25, 0.3) is 0 Å². The first kappa shape index (κ1) is 13.2. The number of aromatic nitrogens is 2. The van der Waals surface area contributed by atoms with Crippen molar-refractivity contribution in [1.82, 2.24) is 14.9 Å². The van der Waals surface area contributed by atoms with E-state index in [1.165, 1.54) is 0 Å². The van der Waals surface area contributed by atoms with Crippen molar-refractivity contribution in [3.05, 3.63) is 18.2 Å². The summed E-state index contributed by atoms with van der Waals surface area (Å²) in [6, 6.07) is 0.285. The second-order valence-corrected chi connectivity index (χ2v) is 3.81. The number of aryl methyl sites for hydroxylation is 1. The van der Waals surface area contributed by atoms with E-state index in [-0.39, 0.29) is 6.04 Å². The van der Waals surface area contributed by atoms with Crippen LogP contribution in [0.5, 0.6) is 0 Å². The Kier molecular flexibility index (Phi) is 6.11. The summed E-state index contributed by atoms with van der Waals surface area (Å²) in [5, 5.41) is 3.30. The summed E-state index contributed by atoms with van der Waals surface area (Å²) in [6.45, 7) is 6.79. The first-order valence-corrected chi connectivity index (χ1v) is 6.09. The van der Waals surface area contributed by atoms with E-state index in [0.29, 0.717) is 0 Å². The van der Waals surface area contributed by atoms with Gasteiger partial charge in [-0.15, -0.1) is 0 Å². The molecule has 1 unspecified atom stereocenters. The Morgan fingerprint density at radius 2 is 2.31 bits per heavy atom. The Morgan fingerprint density at radius 1 is 1.50 bits per heavy atom. The number of nitrogens with one attached hydrogen (secondary N) is 1. The highest BCUT2D eigenvalue weighted by Crippen LogP contribution is 2.15. The number of rotatable bonds is 8. The summed E-state index contributed by atoms with van der Waals surface area (Å²) in [6.07, 6.45) is 6.01. The molecule has 1 aromatic heterocycles. The van der Waals surface area contributed by atoms with Gasteiger partial charge in [0.15, 0.2) is 0 Å². The van der Waals surface area contributed by atoms with Gasteiger partial charge in [-0.1, -0.05) is 6.92 Å². The number of ether oxygens (including phenoxy) is 1. The van der Waals surface area contributed by atoms with E-state index in [2.05, 4.69) is 21.8 Å². The van der Waals surface area contributed by atoms with Crippen LogP contribution in [0.25, 0.3) is 0 Å². The molecular formula is C12H23N3O. The third kappa shape index (κ3) is 3.61. The van der Waals surface area contributed by atoms with Crippen molar-refractivity contribution in [3.8, 4) is 0 Å². The lowest BCUT2D eigenvalue weighted by Gasteiger charge is -2.17. The summed E-state index contributed by atoms with van der Waals surface area (Å²) in [7, 11) is 1.97. The van der Waals surface area contributed by atoms with Crippen molar-refractivity contribution >= 4 is 0 Å². The van der Waals surface area contributed by atoms with Crippen LogP contribution < -0.4 is 5.32 Å². The van der Waals surface area contributed by atoms with Crippen molar-refractivity contribution in [2.75, 3.05) is 20.3 Å². The Labute approximate surface area is 98.0 Å². The lowest BCUT2D eigenvalue weighted by atomic mass is 10.2. The van der Waals surface area contributed by atoms with Crippen LogP contribution in [0.1, 0.15) is 38.6 Å². The van der Waals surface area contributed by atoms with Crippen LogP contribution in [0.3, 0.4) is 0 Å². The predicted molar refractivity (Wildman–Crippen MR) is 65.4 cm³/mol. The fraction of sp³-hybridized carbons (Fsp3) is 0.750. The first-order chi connectivity index (χ1) is 7.83. The molecule has 0 aliphatic rings. The largest absolute Gasteiger partial charge is 0.382 e. The van der Waals surface area contributed by atoms with Crippen LogP contribution in [0.15, 0.2) is 12.4 Å². The maximum atomic E-state index is 5.39. The molecule has 0 saturated heterocycles. The van der Waals surface area contributed by atoms with E-state index in [0.717, 1.165) is 38.4 Å². The zero-order chi connectivity index (χ0) is 11.8. The van der Waals surface area contributed by atoms with E-state index < -0.39 is 0 Å². The first-order valence-electron chi connectivity index (χ1n) is 6.09. The van der Waals surface area contributed by atoms with Gasteiger partial charge in [0.1, 0.15) is 5.82 Å². The second-order valence-electron chi connectivity index (χ2n) is 3.81. The van der Waals surface area contributed by atoms with Crippen LogP contribution in [0.2, 0.25) is 0 Å². The van der Waals surface area contributed by atoms with Crippen LogP contribution >= 0.6 is 0 Å². The van der Waals surface area contributed by atoms with Gasteiger partial charge in [0, 0.05) is 32.2 Å². The maximum Gasteiger partial charge on any atom is 0.125 e. The highest BCUT2D eigenvalue weighted by molar-refractivity contribution is 4.99. The molecule has 4 nitrogen and oxygen atoms in total. The number of nitrogens with zero attached hydrogens (tertiary/aromatic N) is 2. The fourth-order valence-corrected chi connectivity index (χ4v) is 1.81. The van der Waals surface area contributed by atoms with E-state index in [1.54, 1.807) is 0 Å². The van der Waals surface area contributed by atoms with Crippen LogP contribution in [0, 0.1) is 0 Å². The quantitative estimate of drug-likeness (QED) is 0.688. The van der Waals surface area contributed by atoms with Crippen molar-refractivity contribution in [2.45, 2.75) is 39.3 Å². The Morgan fingerprint density at radius 3 is 2.94 bits per heavy atom. The van der Waals surface area contributed by atoms with E-state index >= 15 is 0 Å². The second kappa shape index (κ2) is 7.41. The number of hydrogen-bond acceptors (Lipinski definition) is 3. The SMILES string of the molecule is CCCn1ccnc1C(CCOCC)NC. The van der Waals surface area contributed by atoms with Gasteiger partial charge in [-0.3, -0.25) is 0 Å². The van der Waals surface area contributed by atoms with Gasteiger partial charge in [0.05, 0.1) is 6.04 Å². The molecule has 92 valence electrons. The van der Waals surface area contributed by atoms with Gasteiger partial charge in [-0.05, 0) is 26.8 Å². The molecule has 0 bridgehead atoms. The van der Waals surface area contributed by atoms with Crippen LogP contribution in [-0.2, 0) is 11.3 Å². The van der Waals surface area contributed by atoms with E-state index in [4.69, 9.17) is 4.74 Å². The monoisotopic (exact) mass is 225 g/mol. The summed E-state index contributed by atoms with van der Waals surface area (Å²) in [5.74, 6) is 1.11. The smallest absolute Gasteiger partial charge is 0.125 e. The van der Waals surface area contributed by atoms with E-state index in [9.17, 15) is 0 Å².